The predicted octanol–water partition coefficient (Wildman–Crippen LogP) is 4.04. The van der Waals surface area contributed by atoms with Gasteiger partial charge in [-0.25, -0.2) is 22.2 Å². The van der Waals surface area contributed by atoms with Crippen LogP contribution in [0, 0.1) is 17.6 Å². The topological polar surface area (TPSA) is 93.2 Å². The van der Waals surface area contributed by atoms with Gasteiger partial charge in [-0.05, 0) is 36.6 Å². The van der Waals surface area contributed by atoms with E-state index in [9.17, 15) is 17.2 Å². The minimum atomic E-state index is -4.37. The first-order valence-corrected chi connectivity index (χ1v) is 12.3. The first-order valence-electron chi connectivity index (χ1n) is 9.71. The molecular weight excluding hydrogens is 482 g/mol. The molecule has 2 aromatic carbocycles. The van der Waals surface area contributed by atoms with Crippen LogP contribution < -0.4 is 14.8 Å². The molecule has 0 radical (unpaired) electrons. The van der Waals surface area contributed by atoms with Crippen molar-refractivity contribution in [1.29, 1.82) is 0 Å². The molecule has 3 aromatic rings. The average molecular weight is 501 g/mol. The Morgan fingerprint density at radius 1 is 1.22 bits per heavy atom. The maximum absolute atomic E-state index is 14.6. The summed E-state index contributed by atoms with van der Waals surface area (Å²) in [6.07, 6.45) is 2.01. The number of ether oxygens (including phenoxy) is 1. The van der Waals surface area contributed by atoms with E-state index >= 15 is 0 Å². The Bertz CT molecular complexity index is 1180. The fraction of sp³-hybridized carbons (Fsp3) is 0.300. The van der Waals surface area contributed by atoms with E-state index in [0.29, 0.717) is 17.6 Å². The van der Waals surface area contributed by atoms with Crippen molar-refractivity contribution in [2.75, 3.05) is 24.4 Å². The number of hydrogen-bond acceptors (Lipinski definition) is 7. The van der Waals surface area contributed by atoms with Crippen LogP contribution in [-0.4, -0.2) is 37.5 Å². The minimum absolute atomic E-state index is 0.00913. The van der Waals surface area contributed by atoms with Crippen molar-refractivity contribution in [2.24, 2.45) is 5.92 Å². The van der Waals surface area contributed by atoms with Gasteiger partial charge >= 0.3 is 0 Å². The lowest BCUT2D eigenvalue weighted by Crippen LogP contribution is -2.38. The van der Waals surface area contributed by atoms with Crippen LogP contribution in [0.1, 0.15) is 17.9 Å². The molecule has 1 aliphatic heterocycles. The molecule has 32 heavy (non-hydrogen) atoms. The van der Waals surface area contributed by atoms with Gasteiger partial charge in [0.15, 0.2) is 11.6 Å². The summed E-state index contributed by atoms with van der Waals surface area (Å²) >= 11 is 6.75. The van der Waals surface area contributed by atoms with Gasteiger partial charge in [0, 0.05) is 41.2 Å². The zero-order chi connectivity index (χ0) is 22.7. The van der Waals surface area contributed by atoms with Crippen LogP contribution in [0.25, 0.3) is 0 Å². The fourth-order valence-electron chi connectivity index (χ4n) is 3.66. The van der Waals surface area contributed by atoms with Gasteiger partial charge in [-0.3, -0.25) is 4.72 Å². The zero-order valence-corrected chi connectivity index (χ0v) is 19.0. The van der Waals surface area contributed by atoms with E-state index in [1.165, 1.54) is 0 Å². The highest BCUT2D eigenvalue weighted by Crippen LogP contribution is 2.33. The molecule has 4 rings (SSSR count). The second-order valence-electron chi connectivity index (χ2n) is 7.29. The third-order valence-corrected chi connectivity index (χ3v) is 7.53. The first kappa shape index (κ1) is 22.8. The summed E-state index contributed by atoms with van der Waals surface area (Å²) in [6, 6.07) is 8.90. The van der Waals surface area contributed by atoms with Gasteiger partial charge < -0.3 is 10.1 Å². The van der Waals surface area contributed by atoms with E-state index in [0.717, 1.165) is 42.5 Å². The van der Waals surface area contributed by atoms with Gasteiger partial charge in [0.2, 0.25) is 5.13 Å². The van der Waals surface area contributed by atoms with Gasteiger partial charge in [0.05, 0.1) is 6.61 Å². The molecule has 0 amide bonds. The quantitative estimate of drug-likeness (QED) is 0.508. The highest BCUT2D eigenvalue weighted by Gasteiger charge is 2.28. The van der Waals surface area contributed by atoms with E-state index in [2.05, 4.69) is 19.4 Å². The maximum Gasteiger partial charge on any atom is 0.266 e. The molecular formula is C20H19ClF2N4O3S2. The van der Waals surface area contributed by atoms with Crippen LogP contribution >= 0.6 is 23.1 Å². The van der Waals surface area contributed by atoms with E-state index in [-0.39, 0.29) is 29.3 Å². The second kappa shape index (κ2) is 9.65. The van der Waals surface area contributed by atoms with Gasteiger partial charge in [0.25, 0.3) is 10.0 Å². The number of nitrogens with one attached hydrogen (secondary N) is 2. The molecule has 2 N–H and O–H groups in total. The molecule has 170 valence electrons. The Hall–Kier alpha value is -2.34. The molecule has 0 bridgehead atoms. The van der Waals surface area contributed by atoms with Crippen molar-refractivity contribution in [3.63, 3.8) is 0 Å². The summed E-state index contributed by atoms with van der Waals surface area (Å²) in [4.78, 5) is 2.84. The lowest BCUT2D eigenvalue weighted by atomic mass is 9.81. The van der Waals surface area contributed by atoms with E-state index < -0.39 is 26.6 Å². The molecule has 1 fully saturated rings. The maximum atomic E-state index is 14.6. The predicted molar refractivity (Wildman–Crippen MR) is 118 cm³/mol. The smallest absolute Gasteiger partial charge is 0.266 e. The number of nitrogens with zero attached hydrogens (tertiary/aromatic N) is 2. The Morgan fingerprint density at radius 2 is 2.00 bits per heavy atom. The second-order valence-corrected chi connectivity index (χ2v) is 10.2. The van der Waals surface area contributed by atoms with Gasteiger partial charge in [0.1, 0.15) is 17.0 Å². The highest BCUT2D eigenvalue weighted by atomic mass is 35.5. The van der Waals surface area contributed by atoms with Crippen molar-refractivity contribution in [3.8, 4) is 5.75 Å². The number of anilines is 1. The third-order valence-electron chi connectivity index (χ3n) is 5.22. The molecule has 2 atom stereocenters. The Kier molecular flexibility index (Phi) is 6.89. The molecule has 0 aliphatic carbocycles. The van der Waals surface area contributed by atoms with E-state index in [4.69, 9.17) is 16.3 Å². The summed E-state index contributed by atoms with van der Waals surface area (Å²) in [7, 11) is -4.37. The van der Waals surface area contributed by atoms with Crippen LogP contribution in [0.15, 0.2) is 47.6 Å². The Morgan fingerprint density at radius 3 is 2.72 bits per heavy atom. The van der Waals surface area contributed by atoms with E-state index in [1.807, 2.05) is 24.3 Å². The van der Waals surface area contributed by atoms with Gasteiger partial charge in [-0.2, -0.15) is 4.37 Å². The van der Waals surface area contributed by atoms with Crippen molar-refractivity contribution in [2.45, 2.75) is 17.2 Å². The molecule has 1 aliphatic rings. The van der Waals surface area contributed by atoms with Gasteiger partial charge in [-0.15, -0.1) is 0 Å². The lowest BCUT2D eigenvalue weighted by Gasteiger charge is -2.32. The Balaban J connectivity index is 1.49. The summed E-state index contributed by atoms with van der Waals surface area (Å²) in [6.45, 7) is 1.61. The molecule has 2 heterocycles. The number of halogens is 3. The normalized spacial score (nSPS) is 19.0. The molecule has 0 spiro atoms. The first-order chi connectivity index (χ1) is 15.3. The van der Waals surface area contributed by atoms with Crippen LogP contribution in [0.2, 0.25) is 5.02 Å². The third kappa shape index (κ3) is 5.17. The van der Waals surface area contributed by atoms with Gasteiger partial charge in [-0.1, -0.05) is 23.7 Å². The molecule has 0 saturated carbocycles. The lowest BCUT2D eigenvalue weighted by molar-refractivity contribution is 0.190. The molecule has 0 unspecified atom stereocenters. The van der Waals surface area contributed by atoms with Crippen LogP contribution in [-0.2, 0) is 10.0 Å². The van der Waals surface area contributed by atoms with Crippen molar-refractivity contribution < 1.29 is 21.9 Å². The molecule has 7 nitrogen and oxygen atoms in total. The number of piperidine rings is 1. The van der Waals surface area contributed by atoms with Crippen LogP contribution in [0.3, 0.4) is 0 Å². The SMILES string of the molecule is O=S(=O)(Nc1ncns1)c1cc(F)c(OC[C@H]2CNCC[C@H]2c2ccc(Cl)cc2)cc1F. The summed E-state index contributed by atoms with van der Waals surface area (Å²) in [5.74, 6) is -2.28. The summed E-state index contributed by atoms with van der Waals surface area (Å²) in [5.41, 5.74) is 1.10. The number of hydrogen-bond donors (Lipinski definition) is 2. The van der Waals surface area contributed by atoms with E-state index in [1.54, 1.807) is 0 Å². The number of benzene rings is 2. The van der Waals surface area contributed by atoms with Crippen molar-refractivity contribution in [1.82, 2.24) is 14.7 Å². The molecule has 12 heteroatoms. The zero-order valence-electron chi connectivity index (χ0n) is 16.6. The molecule has 1 saturated heterocycles. The average Bonchev–Trinajstić information content (AvgIpc) is 3.27. The van der Waals surface area contributed by atoms with Crippen molar-refractivity contribution >= 4 is 38.3 Å². The summed E-state index contributed by atoms with van der Waals surface area (Å²) < 4.78 is 65.3. The number of aromatic nitrogens is 2. The van der Waals surface area contributed by atoms with Crippen molar-refractivity contribution in [3.05, 3.63) is 64.9 Å². The Labute approximate surface area is 193 Å². The van der Waals surface area contributed by atoms with Crippen LogP contribution in [0.4, 0.5) is 13.9 Å². The van der Waals surface area contributed by atoms with Crippen LogP contribution in [0.5, 0.6) is 5.75 Å². The monoisotopic (exact) mass is 500 g/mol. The fourth-order valence-corrected chi connectivity index (χ4v) is 5.52. The largest absolute Gasteiger partial charge is 0.490 e. The standard InChI is InChI=1S/C20H19ClF2N4O3S2/c21-14-3-1-12(2-4-14)15-5-6-24-9-13(15)10-30-18-7-17(23)19(8-16(18)22)32(28,29)27-20-25-11-26-31-20/h1-4,7-8,11,13,15,24H,5-6,9-10H2,(H,25,26,27)/t13-,15+/m1/s1. The number of sulfonamides is 1. The summed E-state index contributed by atoms with van der Waals surface area (Å²) in [5, 5.41) is 3.88. The molecule has 1 aromatic heterocycles. The minimum Gasteiger partial charge on any atom is -0.490 e. The highest BCUT2D eigenvalue weighted by molar-refractivity contribution is 7.93. The number of rotatable bonds is 7.